The molecule has 4 aromatic carbocycles. The van der Waals surface area contributed by atoms with Crippen molar-refractivity contribution in [2.45, 2.75) is 6.61 Å². The van der Waals surface area contributed by atoms with Gasteiger partial charge in [0.15, 0.2) is 0 Å². The van der Waals surface area contributed by atoms with Crippen LogP contribution in [0, 0.1) is 0 Å². The second-order valence-electron chi connectivity index (χ2n) is 8.21. The molecule has 37 heavy (non-hydrogen) atoms. The maximum Gasteiger partial charge on any atom is 0.272 e. The van der Waals surface area contributed by atoms with E-state index in [1.54, 1.807) is 12.3 Å². The molecule has 0 saturated heterocycles. The summed E-state index contributed by atoms with van der Waals surface area (Å²) in [6.07, 6.45) is 1.59. The molecule has 0 spiro atoms. The number of aromatic nitrogens is 1. The van der Waals surface area contributed by atoms with Gasteiger partial charge in [-0.15, -0.1) is 0 Å². The number of ether oxygens (including phenoxy) is 1. The summed E-state index contributed by atoms with van der Waals surface area (Å²) >= 11 is 9.75. The van der Waals surface area contributed by atoms with Gasteiger partial charge in [-0.2, -0.15) is 5.10 Å². The Kier molecular flexibility index (Phi) is 7.59. The highest BCUT2D eigenvalue weighted by Gasteiger charge is 2.13. The molecule has 0 atom stereocenters. The van der Waals surface area contributed by atoms with Crippen molar-refractivity contribution < 1.29 is 9.53 Å². The SMILES string of the molecule is O=C(N/N=C/c1ccc(OCc2ccccc2Cl)c(Br)c1)c1cc(-c2ccccc2)nc2ccccc12. The molecule has 1 aromatic heterocycles. The molecule has 0 bridgehead atoms. The van der Waals surface area contributed by atoms with Gasteiger partial charge in [0.05, 0.1) is 27.5 Å². The van der Waals surface area contributed by atoms with E-state index in [-0.39, 0.29) is 5.91 Å². The monoisotopic (exact) mass is 569 g/mol. The van der Waals surface area contributed by atoms with Crippen molar-refractivity contribution in [3.05, 3.63) is 129 Å². The number of nitrogens with one attached hydrogen (secondary N) is 1. The van der Waals surface area contributed by atoms with Crippen LogP contribution in [-0.2, 0) is 6.61 Å². The Balaban J connectivity index is 1.30. The van der Waals surface area contributed by atoms with Crippen molar-refractivity contribution >= 4 is 50.6 Å². The Hall–Kier alpha value is -4.00. The van der Waals surface area contributed by atoms with Crippen molar-refractivity contribution in [2.24, 2.45) is 5.10 Å². The van der Waals surface area contributed by atoms with E-state index in [0.717, 1.165) is 37.8 Å². The number of hydrogen-bond acceptors (Lipinski definition) is 4. The minimum atomic E-state index is -0.314. The van der Waals surface area contributed by atoms with Crippen molar-refractivity contribution in [2.75, 3.05) is 0 Å². The maximum atomic E-state index is 13.1. The Morgan fingerprint density at radius 3 is 2.51 bits per heavy atom. The van der Waals surface area contributed by atoms with Crippen LogP contribution in [0.3, 0.4) is 0 Å². The average Bonchev–Trinajstić information content (AvgIpc) is 2.93. The van der Waals surface area contributed by atoms with E-state index in [1.165, 1.54) is 0 Å². The van der Waals surface area contributed by atoms with Crippen molar-refractivity contribution in [1.82, 2.24) is 10.4 Å². The van der Waals surface area contributed by atoms with Gasteiger partial charge in [0, 0.05) is 21.5 Å². The molecule has 1 N–H and O–H groups in total. The van der Waals surface area contributed by atoms with Crippen LogP contribution in [0.15, 0.2) is 113 Å². The minimum Gasteiger partial charge on any atom is -0.488 e. The third-order valence-corrected chi connectivity index (χ3v) is 6.70. The quantitative estimate of drug-likeness (QED) is 0.161. The molecular weight excluding hydrogens is 550 g/mol. The molecular formula is C30H21BrClN3O2. The molecule has 1 amide bonds. The van der Waals surface area contributed by atoms with Gasteiger partial charge >= 0.3 is 0 Å². The summed E-state index contributed by atoms with van der Waals surface area (Å²) in [6, 6.07) is 32.3. The number of nitrogens with zero attached hydrogens (tertiary/aromatic N) is 2. The van der Waals surface area contributed by atoms with E-state index in [2.05, 4.69) is 26.5 Å². The molecule has 5 rings (SSSR count). The largest absolute Gasteiger partial charge is 0.488 e. The van der Waals surface area contributed by atoms with Crippen LogP contribution in [0.5, 0.6) is 5.75 Å². The zero-order valence-corrected chi connectivity index (χ0v) is 21.9. The predicted octanol–water partition coefficient (Wildman–Crippen LogP) is 7.66. The Morgan fingerprint density at radius 2 is 1.70 bits per heavy atom. The molecule has 0 unspecified atom stereocenters. The van der Waals surface area contributed by atoms with Crippen molar-refractivity contribution in [3.8, 4) is 17.0 Å². The number of carbonyl (C=O) groups excluding carboxylic acids is 1. The van der Waals surface area contributed by atoms with Crippen LogP contribution >= 0.6 is 27.5 Å². The summed E-state index contributed by atoms with van der Waals surface area (Å²) in [5, 5.41) is 5.60. The summed E-state index contributed by atoms with van der Waals surface area (Å²) in [5.41, 5.74) is 7.26. The van der Waals surface area contributed by atoms with Crippen LogP contribution in [0.25, 0.3) is 22.2 Å². The fourth-order valence-corrected chi connectivity index (χ4v) is 4.53. The lowest BCUT2D eigenvalue weighted by Gasteiger charge is -2.10. The minimum absolute atomic E-state index is 0.314. The average molecular weight is 571 g/mol. The van der Waals surface area contributed by atoms with E-state index in [4.69, 9.17) is 21.3 Å². The third kappa shape index (κ3) is 5.88. The van der Waals surface area contributed by atoms with Crippen molar-refractivity contribution in [3.63, 3.8) is 0 Å². The second kappa shape index (κ2) is 11.4. The molecule has 0 fully saturated rings. The highest BCUT2D eigenvalue weighted by atomic mass is 79.9. The van der Waals surface area contributed by atoms with E-state index < -0.39 is 0 Å². The highest BCUT2D eigenvalue weighted by molar-refractivity contribution is 9.10. The lowest BCUT2D eigenvalue weighted by molar-refractivity contribution is 0.0956. The highest BCUT2D eigenvalue weighted by Crippen LogP contribution is 2.28. The van der Waals surface area contributed by atoms with Gasteiger partial charge in [-0.05, 0) is 57.9 Å². The van der Waals surface area contributed by atoms with Crippen LogP contribution in [0.4, 0.5) is 0 Å². The number of hydrogen-bond donors (Lipinski definition) is 1. The number of para-hydroxylation sites is 1. The van der Waals surface area contributed by atoms with Crippen LogP contribution < -0.4 is 10.2 Å². The second-order valence-corrected chi connectivity index (χ2v) is 9.47. The molecule has 0 aliphatic carbocycles. The summed E-state index contributed by atoms with van der Waals surface area (Å²) in [5.74, 6) is 0.364. The molecule has 0 aliphatic heterocycles. The normalized spacial score (nSPS) is 11.1. The van der Waals surface area contributed by atoms with Crippen LogP contribution in [0.1, 0.15) is 21.5 Å². The number of benzene rings is 4. The zero-order chi connectivity index (χ0) is 25.6. The van der Waals surface area contributed by atoms with E-state index >= 15 is 0 Å². The first-order valence-electron chi connectivity index (χ1n) is 11.5. The number of hydrazone groups is 1. The van der Waals surface area contributed by atoms with Crippen LogP contribution in [0.2, 0.25) is 5.02 Å². The lowest BCUT2D eigenvalue weighted by Crippen LogP contribution is -2.18. The molecule has 182 valence electrons. The van der Waals surface area contributed by atoms with Gasteiger partial charge in [-0.25, -0.2) is 10.4 Å². The molecule has 0 radical (unpaired) electrons. The topological polar surface area (TPSA) is 63.6 Å². The first-order valence-corrected chi connectivity index (χ1v) is 12.7. The zero-order valence-electron chi connectivity index (χ0n) is 19.6. The summed E-state index contributed by atoms with van der Waals surface area (Å²) < 4.78 is 6.66. The summed E-state index contributed by atoms with van der Waals surface area (Å²) in [7, 11) is 0. The van der Waals surface area contributed by atoms with Gasteiger partial charge in [0.2, 0.25) is 0 Å². The molecule has 1 heterocycles. The molecule has 5 aromatic rings. The van der Waals surface area contributed by atoms with Crippen molar-refractivity contribution in [1.29, 1.82) is 0 Å². The van der Waals surface area contributed by atoms with Crippen LogP contribution in [-0.4, -0.2) is 17.1 Å². The molecule has 0 aliphatic rings. The summed E-state index contributed by atoms with van der Waals surface area (Å²) in [4.78, 5) is 17.8. The maximum absolute atomic E-state index is 13.1. The van der Waals surface area contributed by atoms with Gasteiger partial charge in [-0.1, -0.05) is 78.3 Å². The van der Waals surface area contributed by atoms with Gasteiger partial charge < -0.3 is 4.74 Å². The van der Waals surface area contributed by atoms with Gasteiger partial charge in [0.1, 0.15) is 12.4 Å². The number of halogens is 2. The van der Waals surface area contributed by atoms with E-state index in [9.17, 15) is 4.79 Å². The number of pyridine rings is 1. The Morgan fingerprint density at radius 1 is 0.946 bits per heavy atom. The first-order chi connectivity index (χ1) is 18.1. The van der Waals surface area contributed by atoms with E-state index in [0.29, 0.717) is 22.9 Å². The first kappa shape index (κ1) is 24.7. The van der Waals surface area contributed by atoms with Gasteiger partial charge in [0.25, 0.3) is 5.91 Å². The number of fused-ring (bicyclic) bond motifs is 1. The Labute approximate surface area is 227 Å². The lowest BCUT2D eigenvalue weighted by atomic mass is 10.0. The predicted molar refractivity (Wildman–Crippen MR) is 152 cm³/mol. The standard InChI is InChI=1S/C30H21BrClN3O2/c31-25-16-20(14-15-29(25)37-19-22-10-4-6-12-26(22)32)18-33-35-30(36)24-17-28(21-8-2-1-3-9-21)34-27-13-7-5-11-23(24)27/h1-18H,19H2,(H,35,36)/b33-18+. The third-order valence-electron chi connectivity index (χ3n) is 5.71. The molecule has 0 saturated carbocycles. The van der Waals surface area contributed by atoms with Gasteiger partial charge in [-0.3, -0.25) is 4.79 Å². The smallest absolute Gasteiger partial charge is 0.272 e. The fourth-order valence-electron chi connectivity index (χ4n) is 3.83. The fraction of sp³-hybridized carbons (Fsp3) is 0.0333. The summed E-state index contributed by atoms with van der Waals surface area (Å²) in [6.45, 7) is 0.354. The molecule has 5 nitrogen and oxygen atoms in total. The molecule has 7 heteroatoms. The Bertz CT molecular complexity index is 1610. The number of amides is 1. The number of rotatable bonds is 7. The van der Waals surface area contributed by atoms with E-state index in [1.807, 2.05) is 97.1 Å². The number of carbonyl (C=O) groups is 1.